The third-order valence-corrected chi connectivity index (χ3v) is 5.64. The Morgan fingerprint density at radius 1 is 1.33 bits per heavy atom. The maximum atomic E-state index is 12.9. The second kappa shape index (κ2) is 5.16. The first kappa shape index (κ1) is 14.1. The monoisotopic (exact) mass is 307 g/mol. The molecule has 0 saturated heterocycles. The summed E-state index contributed by atoms with van der Waals surface area (Å²) in [6.07, 6.45) is 2.15. The van der Waals surface area contributed by atoms with Gasteiger partial charge in [0.25, 0.3) is 10.0 Å². The van der Waals surface area contributed by atoms with Crippen LogP contribution < -0.4 is 4.31 Å². The molecular formula is C14H17N3O3S. The zero-order valence-corrected chi connectivity index (χ0v) is 12.5. The standard InChI is InChI=1S/C14H17N3O3S/c1-16-14(6-7-15-16)21(19,20)17-9-11(10-18)8-12-4-2-3-5-13(12)17/h2-7,11,18H,8-10H2,1H3. The van der Waals surface area contributed by atoms with Crippen molar-refractivity contribution in [1.82, 2.24) is 9.78 Å². The van der Waals surface area contributed by atoms with Crippen molar-refractivity contribution in [3.63, 3.8) is 0 Å². The lowest BCUT2D eigenvalue weighted by Gasteiger charge is -2.34. The minimum atomic E-state index is -3.68. The lowest BCUT2D eigenvalue weighted by molar-refractivity contribution is 0.227. The maximum absolute atomic E-state index is 12.9. The highest BCUT2D eigenvalue weighted by molar-refractivity contribution is 7.92. The Hall–Kier alpha value is -1.86. The number of sulfonamides is 1. The molecule has 2 aromatic rings. The van der Waals surface area contributed by atoms with Gasteiger partial charge in [0.05, 0.1) is 11.9 Å². The molecule has 3 rings (SSSR count). The fraction of sp³-hybridized carbons (Fsp3) is 0.357. The quantitative estimate of drug-likeness (QED) is 0.909. The number of para-hydroxylation sites is 1. The Morgan fingerprint density at radius 3 is 2.76 bits per heavy atom. The molecule has 1 atom stereocenters. The number of aliphatic hydroxyl groups excluding tert-OH is 1. The summed E-state index contributed by atoms with van der Waals surface area (Å²) in [6, 6.07) is 8.90. The van der Waals surface area contributed by atoms with E-state index in [1.807, 2.05) is 18.2 Å². The number of aliphatic hydroxyl groups is 1. The van der Waals surface area contributed by atoms with Gasteiger partial charge in [0.1, 0.15) is 0 Å². The topological polar surface area (TPSA) is 75.4 Å². The molecule has 7 heteroatoms. The van der Waals surface area contributed by atoms with E-state index >= 15 is 0 Å². The van der Waals surface area contributed by atoms with E-state index in [1.54, 1.807) is 13.1 Å². The molecule has 2 heterocycles. The first-order valence-electron chi connectivity index (χ1n) is 6.73. The highest BCUT2D eigenvalue weighted by Crippen LogP contribution is 2.33. The van der Waals surface area contributed by atoms with Crippen LogP contribution >= 0.6 is 0 Å². The third kappa shape index (κ3) is 2.32. The van der Waals surface area contributed by atoms with Gasteiger partial charge in [-0.15, -0.1) is 0 Å². The molecule has 1 aromatic carbocycles. The van der Waals surface area contributed by atoms with Gasteiger partial charge in [0.2, 0.25) is 0 Å². The normalized spacial score (nSPS) is 18.6. The van der Waals surface area contributed by atoms with Crippen molar-refractivity contribution < 1.29 is 13.5 Å². The minimum absolute atomic E-state index is 0.0360. The summed E-state index contributed by atoms with van der Waals surface area (Å²) in [7, 11) is -2.08. The summed E-state index contributed by atoms with van der Waals surface area (Å²) < 4.78 is 28.5. The van der Waals surface area contributed by atoms with Gasteiger partial charge >= 0.3 is 0 Å². The van der Waals surface area contributed by atoms with Crippen LogP contribution in [-0.4, -0.2) is 36.5 Å². The predicted molar refractivity (Wildman–Crippen MR) is 78.5 cm³/mol. The van der Waals surface area contributed by atoms with Crippen LogP contribution in [0.25, 0.3) is 0 Å². The fourth-order valence-corrected chi connectivity index (χ4v) is 4.40. The molecule has 1 unspecified atom stereocenters. The van der Waals surface area contributed by atoms with Gasteiger partial charge in [-0.25, -0.2) is 0 Å². The summed E-state index contributed by atoms with van der Waals surface area (Å²) in [4.78, 5) is 0. The lowest BCUT2D eigenvalue weighted by atomic mass is 9.95. The molecule has 1 N–H and O–H groups in total. The Labute approximate surface area is 123 Å². The Bertz CT molecular complexity index is 754. The SMILES string of the molecule is Cn1nccc1S(=O)(=O)N1CC(CO)Cc2ccccc21. The van der Waals surface area contributed by atoms with Gasteiger partial charge in [0, 0.05) is 26.1 Å². The van der Waals surface area contributed by atoms with Crippen molar-refractivity contribution in [1.29, 1.82) is 0 Å². The molecule has 21 heavy (non-hydrogen) atoms. The molecule has 1 aromatic heterocycles. The summed E-state index contributed by atoms with van der Waals surface area (Å²) in [5, 5.41) is 13.5. The number of aromatic nitrogens is 2. The van der Waals surface area contributed by atoms with Gasteiger partial charge in [-0.3, -0.25) is 8.99 Å². The number of hydrogen-bond donors (Lipinski definition) is 1. The second-order valence-corrected chi connectivity index (χ2v) is 7.02. The number of fused-ring (bicyclic) bond motifs is 1. The van der Waals surface area contributed by atoms with E-state index in [2.05, 4.69) is 5.10 Å². The first-order valence-corrected chi connectivity index (χ1v) is 8.17. The summed E-state index contributed by atoms with van der Waals surface area (Å²) in [5.41, 5.74) is 1.62. The molecule has 0 saturated carbocycles. The average molecular weight is 307 g/mol. The molecule has 0 aliphatic carbocycles. The number of rotatable bonds is 3. The summed E-state index contributed by atoms with van der Waals surface area (Å²) in [6.45, 7) is 0.243. The van der Waals surface area contributed by atoms with Crippen LogP contribution in [0.1, 0.15) is 5.56 Å². The van der Waals surface area contributed by atoms with E-state index in [0.29, 0.717) is 12.1 Å². The fourth-order valence-electron chi connectivity index (χ4n) is 2.71. The molecule has 0 radical (unpaired) electrons. The van der Waals surface area contributed by atoms with Gasteiger partial charge in [-0.2, -0.15) is 13.5 Å². The van der Waals surface area contributed by atoms with Crippen LogP contribution in [0.15, 0.2) is 41.6 Å². The molecule has 6 nitrogen and oxygen atoms in total. The lowest BCUT2D eigenvalue weighted by Crippen LogP contribution is -2.41. The van der Waals surface area contributed by atoms with E-state index in [4.69, 9.17) is 0 Å². The van der Waals surface area contributed by atoms with Crippen molar-refractivity contribution in [2.75, 3.05) is 17.5 Å². The van der Waals surface area contributed by atoms with Crippen LogP contribution in [0, 0.1) is 5.92 Å². The Morgan fingerprint density at radius 2 is 2.10 bits per heavy atom. The van der Waals surface area contributed by atoms with E-state index in [9.17, 15) is 13.5 Å². The maximum Gasteiger partial charge on any atom is 0.281 e. The second-order valence-electron chi connectivity index (χ2n) is 5.21. The largest absolute Gasteiger partial charge is 0.396 e. The molecular weight excluding hydrogens is 290 g/mol. The van der Waals surface area contributed by atoms with Crippen LogP contribution in [-0.2, 0) is 23.5 Å². The predicted octanol–water partition coefficient (Wildman–Crippen LogP) is 0.780. The highest BCUT2D eigenvalue weighted by atomic mass is 32.2. The van der Waals surface area contributed by atoms with E-state index in [-0.39, 0.29) is 24.1 Å². The molecule has 0 spiro atoms. The van der Waals surface area contributed by atoms with Crippen molar-refractivity contribution in [2.45, 2.75) is 11.4 Å². The van der Waals surface area contributed by atoms with Crippen LogP contribution in [0.5, 0.6) is 0 Å². The Balaban J connectivity index is 2.11. The average Bonchev–Trinajstić information content (AvgIpc) is 2.93. The van der Waals surface area contributed by atoms with Crippen molar-refractivity contribution in [2.24, 2.45) is 13.0 Å². The van der Waals surface area contributed by atoms with Crippen LogP contribution in [0.3, 0.4) is 0 Å². The van der Waals surface area contributed by atoms with Gasteiger partial charge in [-0.1, -0.05) is 18.2 Å². The molecule has 0 bridgehead atoms. The van der Waals surface area contributed by atoms with E-state index in [1.165, 1.54) is 21.3 Å². The third-order valence-electron chi connectivity index (χ3n) is 3.78. The van der Waals surface area contributed by atoms with E-state index in [0.717, 1.165) is 5.56 Å². The molecule has 1 aliphatic rings. The molecule has 1 aliphatic heterocycles. The number of benzene rings is 1. The zero-order valence-electron chi connectivity index (χ0n) is 11.7. The number of aryl methyl sites for hydroxylation is 1. The molecule has 0 amide bonds. The summed E-state index contributed by atoms with van der Waals surface area (Å²) >= 11 is 0. The molecule has 112 valence electrons. The van der Waals surface area contributed by atoms with Crippen LogP contribution in [0.4, 0.5) is 5.69 Å². The minimum Gasteiger partial charge on any atom is -0.396 e. The summed E-state index contributed by atoms with van der Waals surface area (Å²) in [5.74, 6) is -0.0945. The van der Waals surface area contributed by atoms with Gasteiger partial charge in [0.15, 0.2) is 5.03 Å². The number of nitrogens with zero attached hydrogens (tertiary/aromatic N) is 3. The first-order chi connectivity index (χ1) is 10.0. The Kier molecular flexibility index (Phi) is 3.46. The zero-order chi connectivity index (χ0) is 15.0. The molecule has 0 fully saturated rings. The number of hydrogen-bond acceptors (Lipinski definition) is 4. The van der Waals surface area contributed by atoms with E-state index < -0.39 is 10.0 Å². The van der Waals surface area contributed by atoms with Crippen LogP contribution in [0.2, 0.25) is 0 Å². The van der Waals surface area contributed by atoms with Crippen molar-refractivity contribution in [3.05, 3.63) is 42.1 Å². The highest BCUT2D eigenvalue weighted by Gasteiger charge is 2.34. The smallest absolute Gasteiger partial charge is 0.281 e. The van der Waals surface area contributed by atoms with Gasteiger partial charge in [-0.05, 0) is 24.1 Å². The van der Waals surface area contributed by atoms with Crippen molar-refractivity contribution in [3.8, 4) is 0 Å². The number of anilines is 1. The van der Waals surface area contributed by atoms with Gasteiger partial charge < -0.3 is 5.11 Å². The van der Waals surface area contributed by atoms with Crippen molar-refractivity contribution >= 4 is 15.7 Å².